The number of carbonyl (C=O) groups excluding carboxylic acids is 2. The molecule has 1 heterocycles. The summed E-state index contributed by atoms with van der Waals surface area (Å²) >= 11 is 6.99. The summed E-state index contributed by atoms with van der Waals surface area (Å²) in [7, 11) is -2.61. The lowest BCUT2D eigenvalue weighted by molar-refractivity contribution is -0.141. The number of amides is 1. The number of esters is 1. The molecule has 0 saturated heterocycles. The monoisotopic (exact) mass is 466 g/mol. The van der Waals surface area contributed by atoms with Crippen molar-refractivity contribution in [3.05, 3.63) is 57.3 Å². The number of sulfone groups is 1. The molecule has 2 aromatic carbocycles. The van der Waals surface area contributed by atoms with Gasteiger partial charge in [0.05, 0.1) is 22.2 Å². The van der Waals surface area contributed by atoms with Gasteiger partial charge in [-0.3, -0.25) is 9.59 Å². The van der Waals surface area contributed by atoms with Gasteiger partial charge in [-0.2, -0.15) is 4.99 Å². The van der Waals surface area contributed by atoms with Crippen LogP contribution in [-0.4, -0.2) is 37.7 Å². The molecule has 0 bridgehead atoms. The van der Waals surface area contributed by atoms with Crippen molar-refractivity contribution in [2.75, 3.05) is 12.9 Å². The van der Waals surface area contributed by atoms with Crippen molar-refractivity contribution in [2.45, 2.75) is 25.3 Å². The molecule has 3 aromatic rings. The quantitative estimate of drug-likeness (QED) is 0.538. The van der Waals surface area contributed by atoms with Crippen molar-refractivity contribution >= 4 is 54.9 Å². The molecule has 1 aromatic heterocycles. The van der Waals surface area contributed by atoms with Crippen molar-refractivity contribution in [2.24, 2.45) is 4.99 Å². The summed E-state index contributed by atoms with van der Waals surface area (Å²) < 4.78 is 32.2. The van der Waals surface area contributed by atoms with Crippen molar-refractivity contribution in [3.63, 3.8) is 0 Å². The fraction of sp³-hybridized carbons (Fsp3) is 0.250. The molecule has 0 aliphatic carbocycles. The van der Waals surface area contributed by atoms with Gasteiger partial charge in [0.2, 0.25) is 0 Å². The van der Waals surface area contributed by atoms with Crippen LogP contribution in [0.1, 0.15) is 11.1 Å². The number of hydrogen-bond donors (Lipinski definition) is 0. The van der Waals surface area contributed by atoms with Crippen LogP contribution < -0.4 is 4.80 Å². The highest BCUT2D eigenvalue weighted by Crippen LogP contribution is 2.22. The lowest BCUT2D eigenvalue weighted by atomic mass is 10.1. The minimum atomic E-state index is -3.88. The predicted molar refractivity (Wildman–Crippen MR) is 115 cm³/mol. The van der Waals surface area contributed by atoms with Crippen LogP contribution >= 0.6 is 22.9 Å². The number of thiazole rings is 1. The van der Waals surface area contributed by atoms with E-state index in [4.69, 9.17) is 16.3 Å². The Hall–Kier alpha value is -2.49. The topological polar surface area (TPSA) is 94.8 Å². The van der Waals surface area contributed by atoms with Crippen LogP contribution in [0.2, 0.25) is 5.02 Å². The molecule has 0 saturated carbocycles. The van der Waals surface area contributed by atoms with Gasteiger partial charge in [0.15, 0.2) is 14.6 Å². The number of halogens is 1. The Morgan fingerprint density at radius 2 is 1.77 bits per heavy atom. The van der Waals surface area contributed by atoms with E-state index in [9.17, 15) is 18.0 Å². The molecule has 0 N–H and O–H groups in total. The molecular weight excluding hydrogens is 448 g/mol. The summed E-state index contributed by atoms with van der Waals surface area (Å²) in [6.07, 6.45) is 0. The van der Waals surface area contributed by atoms with E-state index < -0.39 is 27.5 Å². The molecule has 7 nitrogen and oxygen atoms in total. The minimum absolute atomic E-state index is 0.0134. The van der Waals surface area contributed by atoms with Gasteiger partial charge in [-0.15, -0.1) is 0 Å². The first-order valence-electron chi connectivity index (χ1n) is 8.84. The smallest absolute Gasteiger partial charge is 0.325 e. The van der Waals surface area contributed by atoms with Gasteiger partial charge in [0, 0.05) is 5.02 Å². The van der Waals surface area contributed by atoms with E-state index in [1.165, 1.54) is 42.7 Å². The van der Waals surface area contributed by atoms with E-state index in [1.807, 2.05) is 26.0 Å². The van der Waals surface area contributed by atoms with Crippen molar-refractivity contribution in [3.8, 4) is 0 Å². The van der Waals surface area contributed by atoms with E-state index in [0.717, 1.165) is 21.3 Å². The first-order valence-corrected chi connectivity index (χ1v) is 11.7. The van der Waals surface area contributed by atoms with Crippen molar-refractivity contribution in [1.82, 2.24) is 4.57 Å². The van der Waals surface area contributed by atoms with E-state index in [0.29, 0.717) is 5.02 Å². The number of aromatic nitrogens is 1. The first kappa shape index (κ1) is 22.2. The highest BCUT2D eigenvalue weighted by Gasteiger charge is 2.20. The third-order valence-corrected chi connectivity index (χ3v) is 7.43. The molecule has 0 fully saturated rings. The average Bonchev–Trinajstić information content (AvgIpc) is 2.97. The minimum Gasteiger partial charge on any atom is -0.468 e. The van der Waals surface area contributed by atoms with Gasteiger partial charge in [0.25, 0.3) is 5.91 Å². The highest BCUT2D eigenvalue weighted by atomic mass is 35.5. The zero-order chi connectivity index (χ0) is 22.1. The van der Waals surface area contributed by atoms with Crippen LogP contribution in [-0.2, 0) is 30.7 Å². The van der Waals surface area contributed by atoms with E-state index in [1.54, 1.807) is 4.57 Å². The maximum Gasteiger partial charge on any atom is 0.325 e. The van der Waals surface area contributed by atoms with Gasteiger partial charge >= 0.3 is 5.97 Å². The fourth-order valence-corrected chi connectivity index (χ4v) is 5.14. The molecule has 1 amide bonds. The Morgan fingerprint density at radius 1 is 1.13 bits per heavy atom. The number of fused-ring (bicyclic) bond motifs is 1. The van der Waals surface area contributed by atoms with E-state index >= 15 is 0 Å². The summed E-state index contributed by atoms with van der Waals surface area (Å²) in [5, 5.41) is 0.393. The van der Waals surface area contributed by atoms with E-state index in [-0.39, 0.29) is 16.2 Å². The Morgan fingerprint density at radius 3 is 2.40 bits per heavy atom. The Bertz CT molecular complexity index is 1310. The second-order valence-corrected chi connectivity index (χ2v) is 10.1. The second-order valence-electron chi connectivity index (χ2n) is 6.67. The second kappa shape index (κ2) is 8.71. The molecule has 0 aliphatic rings. The third kappa shape index (κ3) is 4.80. The molecule has 10 heteroatoms. The fourth-order valence-electron chi connectivity index (χ4n) is 2.78. The molecule has 0 atom stereocenters. The number of ether oxygens (including phenoxy) is 1. The lowest BCUT2D eigenvalue weighted by Crippen LogP contribution is -2.24. The van der Waals surface area contributed by atoms with Crippen LogP contribution in [0.3, 0.4) is 0 Å². The maximum atomic E-state index is 12.5. The Labute approximate surface area is 182 Å². The number of rotatable bonds is 5. The molecule has 30 heavy (non-hydrogen) atoms. The number of aryl methyl sites for hydroxylation is 2. The summed E-state index contributed by atoms with van der Waals surface area (Å²) in [6, 6.07) is 9.41. The van der Waals surface area contributed by atoms with Crippen LogP contribution in [0.4, 0.5) is 0 Å². The van der Waals surface area contributed by atoms with Gasteiger partial charge in [-0.1, -0.05) is 22.9 Å². The maximum absolute atomic E-state index is 12.5. The number of hydrogen-bond acceptors (Lipinski definition) is 6. The molecule has 0 radical (unpaired) electrons. The van der Waals surface area contributed by atoms with Crippen molar-refractivity contribution < 1.29 is 22.7 Å². The molecule has 0 aliphatic heterocycles. The number of carbonyl (C=O) groups is 2. The summed E-state index contributed by atoms with van der Waals surface area (Å²) in [4.78, 5) is 28.6. The average molecular weight is 467 g/mol. The Balaban J connectivity index is 2.03. The standard InChI is InChI=1S/C20H19ClN2O5S2/c1-12-8-16-17(9-13(12)2)29-20(23(16)10-19(25)28-3)22-18(24)11-30(26,27)15-6-4-14(21)5-7-15/h4-9H,10-11H2,1-3H3. The molecule has 3 rings (SSSR count). The highest BCUT2D eigenvalue weighted by molar-refractivity contribution is 7.92. The van der Waals surface area contributed by atoms with Crippen LogP contribution in [0.25, 0.3) is 10.2 Å². The van der Waals surface area contributed by atoms with Crippen molar-refractivity contribution in [1.29, 1.82) is 0 Å². The van der Waals surface area contributed by atoms with Gasteiger partial charge < -0.3 is 9.30 Å². The van der Waals surface area contributed by atoms with E-state index in [2.05, 4.69) is 4.99 Å². The zero-order valence-electron chi connectivity index (χ0n) is 16.5. The van der Waals surface area contributed by atoms with Gasteiger partial charge in [0.1, 0.15) is 12.3 Å². The van der Waals surface area contributed by atoms with Crippen LogP contribution in [0.5, 0.6) is 0 Å². The summed E-state index contributed by atoms with van der Waals surface area (Å²) in [5.41, 5.74) is 2.79. The summed E-state index contributed by atoms with van der Waals surface area (Å²) in [5.74, 6) is -2.13. The molecular formula is C20H19ClN2O5S2. The van der Waals surface area contributed by atoms with Gasteiger partial charge in [-0.25, -0.2) is 8.42 Å². The molecule has 0 unspecified atom stereocenters. The number of benzene rings is 2. The zero-order valence-corrected chi connectivity index (χ0v) is 18.9. The predicted octanol–water partition coefficient (Wildman–Crippen LogP) is 3.05. The third-order valence-electron chi connectivity index (χ3n) is 4.52. The van der Waals surface area contributed by atoms with Crippen LogP contribution in [0, 0.1) is 13.8 Å². The summed E-state index contributed by atoms with van der Waals surface area (Å²) in [6.45, 7) is 3.75. The van der Waals surface area contributed by atoms with Crippen LogP contribution in [0.15, 0.2) is 46.3 Å². The number of methoxy groups -OCH3 is 1. The number of nitrogens with zero attached hydrogens (tertiary/aromatic N) is 2. The Kier molecular flexibility index (Phi) is 6.44. The normalized spacial score (nSPS) is 12.3. The van der Waals surface area contributed by atoms with Gasteiger partial charge in [-0.05, 0) is 61.4 Å². The molecule has 158 valence electrons. The largest absolute Gasteiger partial charge is 0.468 e. The lowest BCUT2D eigenvalue weighted by Gasteiger charge is -2.06. The first-order chi connectivity index (χ1) is 14.1. The SMILES string of the molecule is COC(=O)Cn1c(=NC(=O)CS(=O)(=O)c2ccc(Cl)cc2)sc2cc(C)c(C)cc21. The molecule has 0 spiro atoms.